The number of nitro groups is 1. The highest BCUT2D eigenvalue weighted by Crippen LogP contribution is 2.21. The number of esters is 1. The molecule has 2 aromatic carbocycles. The largest absolute Gasteiger partial charge is 0.490 e. The Morgan fingerprint density at radius 1 is 1.17 bits per heavy atom. The molecule has 120 valence electrons. The summed E-state index contributed by atoms with van der Waals surface area (Å²) in [7, 11) is 0. The molecule has 0 amide bonds. The summed E-state index contributed by atoms with van der Waals surface area (Å²) in [5, 5.41) is 10.9. The summed E-state index contributed by atoms with van der Waals surface area (Å²) in [4.78, 5) is 22.3. The lowest BCUT2D eigenvalue weighted by molar-refractivity contribution is -0.385. The first kappa shape index (κ1) is 17.0. The van der Waals surface area contributed by atoms with Crippen molar-refractivity contribution in [3.63, 3.8) is 0 Å². The monoisotopic (exact) mass is 379 g/mol. The molecule has 0 aliphatic heterocycles. The summed E-state index contributed by atoms with van der Waals surface area (Å²) < 4.78 is 11.5. The van der Waals surface area contributed by atoms with Crippen LogP contribution in [0.3, 0.4) is 0 Å². The molecule has 0 unspecified atom stereocenters. The molecule has 0 spiro atoms. The van der Waals surface area contributed by atoms with Crippen LogP contribution in [0.25, 0.3) is 0 Å². The van der Waals surface area contributed by atoms with E-state index >= 15 is 0 Å². The molecule has 0 atom stereocenters. The van der Waals surface area contributed by atoms with Gasteiger partial charge >= 0.3 is 5.97 Å². The van der Waals surface area contributed by atoms with Gasteiger partial charge in [-0.25, -0.2) is 4.79 Å². The third kappa shape index (κ3) is 4.53. The zero-order valence-corrected chi connectivity index (χ0v) is 13.9. The van der Waals surface area contributed by atoms with Crippen molar-refractivity contribution in [3.8, 4) is 5.75 Å². The Hall–Kier alpha value is -2.41. The number of hydrogen-bond donors (Lipinski definition) is 0. The Balaban J connectivity index is 1.89. The number of carbonyl (C=O) groups excluding carboxylic acids is 1. The van der Waals surface area contributed by atoms with Gasteiger partial charge in [0, 0.05) is 16.1 Å². The van der Waals surface area contributed by atoms with Gasteiger partial charge < -0.3 is 9.47 Å². The highest BCUT2D eigenvalue weighted by Gasteiger charge is 2.18. The third-order valence-electron chi connectivity index (χ3n) is 3.12. The first-order valence-corrected chi connectivity index (χ1v) is 7.58. The molecule has 0 aromatic heterocycles. The van der Waals surface area contributed by atoms with Crippen LogP contribution in [-0.4, -0.2) is 24.1 Å². The predicted molar refractivity (Wildman–Crippen MR) is 87.8 cm³/mol. The molecule has 6 nitrogen and oxygen atoms in total. The van der Waals surface area contributed by atoms with E-state index < -0.39 is 10.9 Å². The van der Waals surface area contributed by atoms with Gasteiger partial charge in [-0.2, -0.15) is 0 Å². The van der Waals surface area contributed by atoms with Crippen molar-refractivity contribution in [1.29, 1.82) is 0 Å². The van der Waals surface area contributed by atoms with Crippen molar-refractivity contribution < 1.29 is 19.2 Å². The molecule has 0 N–H and O–H groups in total. The second-order valence-electron chi connectivity index (χ2n) is 4.65. The Morgan fingerprint density at radius 2 is 1.87 bits per heavy atom. The average molecular weight is 380 g/mol. The van der Waals surface area contributed by atoms with Crippen LogP contribution < -0.4 is 4.74 Å². The van der Waals surface area contributed by atoms with Crippen molar-refractivity contribution in [2.75, 3.05) is 13.2 Å². The summed E-state index contributed by atoms with van der Waals surface area (Å²) in [6.45, 7) is 1.77. The van der Waals surface area contributed by atoms with E-state index in [1.54, 1.807) is 12.1 Å². The van der Waals surface area contributed by atoms with E-state index in [1.807, 2.05) is 12.1 Å². The summed E-state index contributed by atoms with van der Waals surface area (Å²) in [5.41, 5.74) is 0.365. The first-order valence-electron chi connectivity index (χ1n) is 6.78. The Bertz CT molecular complexity index is 715. The van der Waals surface area contributed by atoms with E-state index in [1.165, 1.54) is 25.1 Å². The molecule has 0 heterocycles. The average Bonchev–Trinajstić information content (AvgIpc) is 2.53. The molecule has 23 heavy (non-hydrogen) atoms. The SMILES string of the molecule is Cc1c(C(=O)OCCOc2ccc(Br)cc2)cccc1[N+](=O)[O-]. The molecule has 2 aromatic rings. The van der Waals surface area contributed by atoms with E-state index in [-0.39, 0.29) is 30.0 Å². The standard InChI is InChI=1S/C16H14BrNO5/c1-11-14(3-2-4-15(11)18(20)21)16(19)23-10-9-22-13-7-5-12(17)6-8-13/h2-8H,9-10H2,1H3. The number of ether oxygens (including phenoxy) is 2. The fourth-order valence-electron chi connectivity index (χ4n) is 1.94. The second-order valence-corrected chi connectivity index (χ2v) is 5.56. The Kier molecular flexibility index (Phi) is 5.70. The van der Waals surface area contributed by atoms with Crippen LogP contribution in [0.5, 0.6) is 5.75 Å². The molecular weight excluding hydrogens is 366 g/mol. The maximum absolute atomic E-state index is 12.0. The molecular formula is C16H14BrNO5. The summed E-state index contributed by atoms with van der Waals surface area (Å²) >= 11 is 3.32. The lowest BCUT2D eigenvalue weighted by Gasteiger charge is -2.09. The van der Waals surface area contributed by atoms with Crippen molar-refractivity contribution >= 4 is 27.6 Å². The molecule has 7 heteroatoms. The summed E-state index contributed by atoms with van der Waals surface area (Å²) in [6.07, 6.45) is 0. The summed E-state index contributed by atoms with van der Waals surface area (Å²) in [6, 6.07) is 11.6. The highest BCUT2D eigenvalue weighted by atomic mass is 79.9. The number of carbonyl (C=O) groups is 1. The third-order valence-corrected chi connectivity index (χ3v) is 3.65. The van der Waals surface area contributed by atoms with Crippen LogP contribution in [0, 0.1) is 17.0 Å². The van der Waals surface area contributed by atoms with Crippen molar-refractivity contribution in [3.05, 3.63) is 68.2 Å². The minimum Gasteiger partial charge on any atom is -0.490 e. The van der Waals surface area contributed by atoms with Gasteiger partial charge in [-0.3, -0.25) is 10.1 Å². The predicted octanol–water partition coefficient (Wildman–Crippen LogP) is 3.90. The number of nitrogens with zero attached hydrogens (tertiary/aromatic N) is 1. The lowest BCUT2D eigenvalue weighted by atomic mass is 10.1. The molecule has 0 radical (unpaired) electrons. The maximum atomic E-state index is 12.0. The number of hydrogen-bond acceptors (Lipinski definition) is 5. The van der Waals surface area contributed by atoms with Gasteiger partial charge in [0.15, 0.2) is 0 Å². The zero-order valence-electron chi connectivity index (χ0n) is 12.3. The molecule has 0 aliphatic carbocycles. The van der Waals surface area contributed by atoms with Gasteiger partial charge in [0.2, 0.25) is 0 Å². The molecule has 0 saturated carbocycles. The molecule has 0 bridgehead atoms. The van der Waals surface area contributed by atoms with E-state index in [9.17, 15) is 14.9 Å². The second kappa shape index (κ2) is 7.73. The first-order chi connectivity index (χ1) is 11.0. The molecule has 0 saturated heterocycles. The van der Waals surface area contributed by atoms with Crippen LogP contribution in [0.4, 0.5) is 5.69 Å². The topological polar surface area (TPSA) is 78.7 Å². The van der Waals surface area contributed by atoms with E-state index in [0.29, 0.717) is 5.75 Å². The van der Waals surface area contributed by atoms with E-state index in [0.717, 1.165) is 4.47 Å². The molecule has 2 rings (SSSR count). The van der Waals surface area contributed by atoms with Crippen LogP contribution in [0.2, 0.25) is 0 Å². The van der Waals surface area contributed by atoms with Gasteiger partial charge in [0.25, 0.3) is 5.69 Å². The molecule has 0 aliphatic rings. The van der Waals surface area contributed by atoms with Gasteiger partial charge in [-0.15, -0.1) is 0 Å². The minimum atomic E-state index is -0.606. The van der Waals surface area contributed by atoms with E-state index in [2.05, 4.69) is 15.9 Å². The zero-order chi connectivity index (χ0) is 16.8. The van der Waals surface area contributed by atoms with Gasteiger partial charge in [-0.1, -0.05) is 22.0 Å². The normalized spacial score (nSPS) is 10.2. The molecule has 0 fully saturated rings. The van der Waals surface area contributed by atoms with Gasteiger partial charge in [-0.05, 0) is 37.3 Å². The minimum absolute atomic E-state index is 0.0526. The Morgan fingerprint density at radius 3 is 2.52 bits per heavy atom. The lowest BCUT2D eigenvalue weighted by Crippen LogP contribution is -2.13. The van der Waals surface area contributed by atoms with Gasteiger partial charge in [0.1, 0.15) is 19.0 Å². The van der Waals surface area contributed by atoms with Crippen LogP contribution in [-0.2, 0) is 4.74 Å². The fraction of sp³-hybridized carbons (Fsp3) is 0.188. The number of nitro benzene ring substituents is 1. The quantitative estimate of drug-likeness (QED) is 0.329. The number of halogens is 1. The number of rotatable bonds is 6. The van der Waals surface area contributed by atoms with Crippen LogP contribution >= 0.6 is 15.9 Å². The smallest absolute Gasteiger partial charge is 0.338 e. The summed E-state index contributed by atoms with van der Waals surface area (Å²) in [5.74, 6) is 0.0568. The fourth-order valence-corrected chi connectivity index (χ4v) is 2.21. The Labute approximate surface area is 141 Å². The van der Waals surface area contributed by atoms with E-state index in [4.69, 9.17) is 9.47 Å². The van der Waals surface area contributed by atoms with Crippen molar-refractivity contribution in [1.82, 2.24) is 0 Å². The number of benzene rings is 2. The maximum Gasteiger partial charge on any atom is 0.338 e. The highest BCUT2D eigenvalue weighted by molar-refractivity contribution is 9.10. The van der Waals surface area contributed by atoms with Crippen molar-refractivity contribution in [2.45, 2.75) is 6.92 Å². The van der Waals surface area contributed by atoms with Crippen LogP contribution in [0.15, 0.2) is 46.9 Å². The van der Waals surface area contributed by atoms with Gasteiger partial charge in [0.05, 0.1) is 10.5 Å². The van der Waals surface area contributed by atoms with Crippen LogP contribution in [0.1, 0.15) is 15.9 Å². The van der Waals surface area contributed by atoms with Crippen molar-refractivity contribution in [2.24, 2.45) is 0 Å².